The Balaban J connectivity index is 0.00000117. The molecule has 9 heteroatoms. The molecule has 0 saturated heterocycles. The number of hydrogen-bond donors (Lipinski definition) is 1. The predicted molar refractivity (Wildman–Crippen MR) is 112 cm³/mol. The second-order valence-electron chi connectivity index (χ2n) is 5.51. The molecule has 29 heavy (non-hydrogen) atoms. The van der Waals surface area contributed by atoms with E-state index in [-0.39, 0.29) is 11.8 Å². The van der Waals surface area contributed by atoms with Gasteiger partial charge in [0.25, 0.3) is 0 Å². The van der Waals surface area contributed by atoms with Crippen molar-refractivity contribution in [1.29, 1.82) is 0 Å². The first-order valence-corrected chi connectivity index (χ1v) is 10.3. The molecule has 0 bridgehead atoms. The molecular formula is C20H17ClF2N4OS. The lowest BCUT2D eigenvalue weighted by molar-refractivity contribution is 0.409. The van der Waals surface area contributed by atoms with Gasteiger partial charge in [-0.2, -0.15) is 10.1 Å². The molecule has 2 aromatic carbocycles. The Morgan fingerprint density at radius 3 is 2.62 bits per heavy atom. The van der Waals surface area contributed by atoms with Gasteiger partial charge in [-0.15, -0.1) is 11.8 Å². The van der Waals surface area contributed by atoms with Crippen LogP contribution in [0, 0.1) is 11.6 Å². The lowest BCUT2D eigenvalue weighted by Crippen LogP contribution is -1.94. The molecule has 0 spiro atoms. The van der Waals surface area contributed by atoms with Gasteiger partial charge in [0, 0.05) is 22.7 Å². The summed E-state index contributed by atoms with van der Waals surface area (Å²) in [6, 6.07) is 8.56. The van der Waals surface area contributed by atoms with Gasteiger partial charge >= 0.3 is 6.01 Å². The fourth-order valence-electron chi connectivity index (χ4n) is 2.52. The minimum atomic E-state index is -0.845. The van der Waals surface area contributed by atoms with Gasteiger partial charge < -0.3 is 4.74 Å². The van der Waals surface area contributed by atoms with Crippen LogP contribution in [0.15, 0.2) is 47.5 Å². The molecule has 4 rings (SSSR count). The van der Waals surface area contributed by atoms with Crippen LogP contribution in [-0.4, -0.2) is 26.4 Å². The lowest BCUT2D eigenvalue weighted by Gasteiger charge is -2.06. The normalized spacial score (nSPS) is 10.6. The maximum Gasteiger partial charge on any atom is 0.324 e. The zero-order valence-corrected chi connectivity index (χ0v) is 17.4. The quantitative estimate of drug-likeness (QED) is 0.372. The van der Waals surface area contributed by atoms with Gasteiger partial charge in [0.1, 0.15) is 5.82 Å². The fourth-order valence-corrected chi connectivity index (χ4v) is 3.17. The minimum Gasteiger partial charge on any atom is -0.421 e. The number of rotatable bonds is 4. The highest BCUT2D eigenvalue weighted by molar-refractivity contribution is 7.98. The first kappa shape index (κ1) is 21.0. The van der Waals surface area contributed by atoms with Crippen LogP contribution in [-0.2, 0) is 0 Å². The number of fused-ring (bicyclic) bond motifs is 1. The van der Waals surface area contributed by atoms with Crippen molar-refractivity contribution in [2.24, 2.45) is 0 Å². The van der Waals surface area contributed by atoms with Crippen molar-refractivity contribution in [3.63, 3.8) is 0 Å². The molecule has 150 valence electrons. The zero-order valence-electron chi connectivity index (χ0n) is 15.8. The van der Waals surface area contributed by atoms with E-state index >= 15 is 0 Å². The molecule has 0 aliphatic rings. The van der Waals surface area contributed by atoms with Gasteiger partial charge in [0.05, 0.1) is 16.1 Å². The summed E-state index contributed by atoms with van der Waals surface area (Å²) in [6.07, 6.45) is 3.49. The van der Waals surface area contributed by atoms with Crippen LogP contribution in [0.1, 0.15) is 13.8 Å². The number of aromatic nitrogens is 4. The Kier molecular flexibility index (Phi) is 6.66. The number of nitrogens with zero attached hydrogens (tertiary/aromatic N) is 3. The highest BCUT2D eigenvalue weighted by Gasteiger charge is 2.15. The Labute approximate surface area is 175 Å². The molecule has 0 atom stereocenters. The summed E-state index contributed by atoms with van der Waals surface area (Å²) in [4.78, 5) is 9.31. The number of hydrogen-bond acceptors (Lipinski definition) is 5. The highest BCUT2D eigenvalue weighted by atomic mass is 35.5. The van der Waals surface area contributed by atoms with E-state index in [1.165, 1.54) is 12.3 Å². The monoisotopic (exact) mass is 434 g/mol. The van der Waals surface area contributed by atoms with Gasteiger partial charge in [-0.25, -0.2) is 13.8 Å². The summed E-state index contributed by atoms with van der Waals surface area (Å²) in [5.74, 6) is -1.72. The molecule has 4 aromatic rings. The average molecular weight is 435 g/mol. The molecule has 0 saturated carbocycles. The van der Waals surface area contributed by atoms with Gasteiger partial charge in [0.15, 0.2) is 17.2 Å². The van der Waals surface area contributed by atoms with E-state index in [9.17, 15) is 8.78 Å². The Bertz CT molecular complexity index is 1150. The highest BCUT2D eigenvalue weighted by Crippen LogP contribution is 2.34. The number of benzene rings is 2. The second-order valence-corrected chi connectivity index (χ2v) is 6.80. The molecular weight excluding hydrogens is 418 g/mol. The number of thioether (sulfide) groups is 1. The Hall–Kier alpha value is -2.71. The molecule has 5 nitrogen and oxygen atoms in total. The average Bonchev–Trinajstić information content (AvgIpc) is 3.15. The molecule has 0 aliphatic heterocycles. The summed E-state index contributed by atoms with van der Waals surface area (Å²) < 4.78 is 32.0. The van der Waals surface area contributed by atoms with Gasteiger partial charge in [-0.3, -0.25) is 5.10 Å². The van der Waals surface area contributed by atoms with Crippen molar-refractivity contribution in [3.05, 3.63) is 59.3 Å². The smallest absolute Gasteiger partial charge is 0.324 e. The SMILES string of the molecule is CC.CSc1ccc(Cl)c(-c2[nH]nc3nc(Oc4ccc(F)cc4F)ncc23)c1. The summed E-state index contributed by atoms with van der Waals surface area (Å²) >= 11 is 7.91. The van der Waals surface area contributed by atoms with E-state index in [4.69, 9.17) is 16.3 Å². The third kappa shape index (κ3) is 4.49. The summed E-state index contributed by atoms with van der Waals surface area (Å²) in [6.45, 7) is 4.00. The molecule has 0 unspecified atom stereocenters. The summed E-state index contributed by atoms with van der Waals surface area (Å²) in [5, 5.41) is 8.26. The number of halogens is 3. The molecule has 0 radical (unpaired) electrons. The zero-order chi connectivity index (χ0) is 21.0. The van der Waals surface area contributed by atoms with Crippen LogP contribution < -0.4 is 4.74 Å². The number of H-pyrrole nitrogens is 1. The minimum absolute atomic E-state index is 0.102. The molecule has 0 fully saturated rings. The van der Waals surface area contributed by atoms with Crippen LogP contribution in [0.4, 0.5) is 8.78 Å². The van der Waals surface area contributed by atoms with Crippen molar-refractivity contribution in [2.75, 3.05) is 6.26 Å². The van der Waals surface area contributed by atoms with E-state index in [2.05, 4.69) is 20.2 Å². The summed E-state index contributed by atoms with van der Waals surface area (Å²) in [7, 11) is 0. The van der Waals surface area contributed by atoms with E-state index in [0.29, 0.717) is 21.7 Å². The third-order valence-electron chi connectivity index (χ3n) is 3.83. The number of aromatic amines is 1. The van der Waals surface area contributed by atoms with Gasteiger partial charge in [-0.05, 0) is 36.6 Å². The van der Waals surface area contributed by atoms with Crippen LogP contribution in [0.2, 0.25) is 5.02 Å². The van der Waals surface area contributed by atoms with E-state index < -0.39 is 11.6 Å². The van der Waals surface area contributed by atoms with E-state index in [1.54, 1.807) is 11.8 Å². The van der Waals surface area contributed by atoms with E-state index in [1.807, 2.05) is 38.3 Å². The number of nitrogens with one attached hydrogen (secondary N) is 1. The molecule has 2 aromatic heterocycles. The summed E-state index contributed by atoms with van der Waals surface area (Å²) in [5.41, 5.74) is 1.78. The second kappa shape index (κ2) is 9.19. The lowest BCUT2D eigenvalue weighted by atomic mass is 10.1. The van der Waals surface area contributed by atoms with Crippen molar-refractivity contribution >= 4 is 34.4 Å². The topological polar surface area (TPSA) is 63.7 Å². The third-order valence-corrected chi connectivity index (χ3v) is 4.88. The largest absolute Gasteiger partial charge is 0.421 e. The molecule has 2 heterocycles. The van der Waals surface area contributed by atoms with Gasteiger partial charge in [0.2, 0.25) is 0 Å². The van der Waals surface area contributed by atoms with Crippen LogP contribution >= 0.6 is 23.4 Å². The molecule has 0 amide bonds. The molecule has 0 aliphatic carbocycles. The van der Waals surface area contributed by atoms with E-state index in [0.717, 1.165) is 22.6 Å². The van der Waals surface area contributed by atoms with Crippen LogP contribution in [0.25, 0.3) is 22.3 Å². The van der Waals surface area contributed by atoms with Gasteiger partial charge in [-0.1, -0.05) is 25.4 Å². The first-order valence-electron chi connectivity index (χ1n) is 8.73. The van der Waals surface area contributed by atoms with Crippen molar-refractivity contribution in [3.8, 4) is 23.0 Å². The van der Waals surface area contributed by atoms with Crippen molar-refractivity contribution in [2.45, 2.75) is 18.7 Å². The fraction of sp³-hybridized carbons (Fsp3) is 0.150. The van der Waals surface area contributed by atoms with Crippen LogP contribution in [0.5, 0.6) is 11.8 Å². The maximum absolute atomic E-state index is 13.7. The maximum atomic E-state index is 13.7. The molecule has 1 N–H and O–H groups in total. The predicted octanol–water partition coefficient (Wildman–Crippen LogP) is 6.49. The Morgan fingerprint density at radius 1 is 1.10 bits per heavy atom. The number of ether oxygens (including phenoxy) is 1. The Morgan fingerprint density at radius 2 is 1.90 bits per heavy atom. The van der Waals surface area contributed by atoms with Crippen LogP contribution in [0.3, 0.4) is 0 Å². The van der Waals surface area contributed by atoms with Crippen molar-refractivity contribution < 1.29 is 13.5 Å². The first-order chi connectivity index (χ1) is 14.0. The van der Waals surface area contributed by atoms with Crippen molar-refractivity contribution in [1.82, 2.24) is 20.2 Å². The standard InChI is InChI=1S/C18H11ClF2N4OS.C2H6/c1-27-10-3-4-13(19)11(7-10)16-12-8-22-18(23-17(12)25-24-16)26-15-5-2-9(20)6-14(15)21;1-2/h2-8H,1H3,(H,22,23,24,25);1-2H3.